The summed E-state index contributed by atoms with van der Waals surface area (Å²) in [6, 6.07) is 5.21. The van der Waals surface area contributed by atoms with Crippen molar-refractivity contribution < 1.29 is 18.8 Å². The Hall–Kier alpha value is -2.70. The van der Waals surface area contributed by atoms with Gasteiger partial charge in [-0.25, -0.2) is 4.98 Å². The molecule has 1 aromatic heterocycles. The molecule has 7 heteroatoms. The molecule has 1 saturated heterocycles. The van der Waals surface area contributed by atoms with Crippen molar-refractivity contribution in [2.45, 2.75) is 45.4 Å². The van der Waals surface area contributed by atoms with Crippen LogP contribution in [0, 0.1) is 11.8 Å². The molecule has 2 heterocycles. The first-order chi connectivity index (χ1) is 12.9. The monoisotopic (exact) mass is 369 g/mol. The number of benzene rings is 1. The fourth-order valence-electron chi connectivity index (χ4n) is 4.00. The van der Waals surface area contributed by atoms with Gasteiger partial charge in [0.25, 0.3) is 0 Å². The van der Waals surface area contributed by atoms with E-state index in [1.165, 1.54) is 0 Å². The van der Waals surface area contributed by atoms with E-state index in [0.29, 0.717) is 22.7 Å². The van der Waals surface area contributed by atoms with E-state index in [-0.39, 0.29) is 42.0 Å². The van der Waals surface area contributed by atoms with Crippen LogP contribution in [0.5, 0.6) is 0 Å². The van der Waals surface area contributed by atoms with E-state index in [1.807, 2.05) is 13.8 Å². The van der Waals surface area contributed by atoms with Crippen LogP contribution in [-0.2, 0) is 14.4 Å². The Morgan fingerprint density at radius 2 is 1.89 bits per heavy atom. The van der Waals surface area contributed by atoms with Gasteiger partial charge in [-0.15, -0.1) is 0 Å². The van der Waals surface area contributed by atoms with E-state index < -0.39 is 0 Å². The van der Waals surface area contributed by atoms with Crippen LogP contribution in [0.25, 0.3) is 11.1 Å². The largest absolute Gasteiger partial charge is 0.440 e. The van der Waals surface area contributed by atoms with Gasteiger partial charge in [0.05, 0.1) is 11.8 Å². The molecular formula is C20H23N3O4. The normalized spacial score (nSPS) is 22.6. The fraction of sp³-hybridized carbons (Fsp3) is 0.500. The number of imide groups is 1. The van der Waals surface area contributed by atoms with Crippen molar-refractivity contribution in [1.82, 2.24) is 9.88 Å². The first-order valence-electron chi connectivity index (χ1n) is 9.49. The minimum atomic E-state index is -0.387. The predicted molar refractivity (Wildman–Crippen MR) is 98.9 cm³/mol. The Morgan fingerprint density at radius 1 is 1.22 bits per heavy atom. The summed E-state index contributed by atoms with van der Waals surface area (Å²) in [5.74, 6) is -0.445. The van der Waals surface area contributed by atoms with Crippen LogP contribution in [0.15, 0.2) is 22.6 Å². The average Bonchev–Trinajstić information content (AvgIpc) is 3.17. The second kappa shape index (κ2) is 6.79. The zero-order valence-electron chi connectivity index (χ0n) is 15.5. The number of rotatable bonds is 4. The highest BCUT2D eigenvalue weighted by Gasteiger charge is 2.48. The van der Waals surface area contributed by atoms with E-state index in [0.717, 1.165) is 30.6 Å². The molecule has 2 fully saturated rings. The second-order valence-electron chi connectivity index (χ2n) is 7.70. The molecule has 142 valence electrons. The Balaban J connectivity index is 1.45. The number of amides is 3. The summed E-state index contributed by atoms with van der Waals surface area (Å²) in [6.07, 6.45) is 3.43. The lowest BCUT2D eigenvalue weighted by Gasteiger charge is -2.19. The third-order valence-corrected chi connectivity index (χ3v) is 5.42. The molecule has 1 aliphatic carbocycles. The van der Waals surface area contributed by atoms with Gasteiger partial charge in [-0.05, 0) is 31.0 Å². The highest BCUT2D eigenvalue weighted by atomic mass is 16.3. The lowest BCUT2D eigenvalue weighted by molar-refractivity contribution is -0.142. The minimum absolute atomic E-state index is 0.172. The number of carbonyl (C=O) groups excluding carboxylic acids is 3. The van der Waals surface area contributed by atoms with Crippen LogP contribution < -0.4 is 5.32 Å². The second-order valence-corrected chi connectivity index (χ2v) is 7.70. The van der Waals surface area contributed by atoms with Crippen LogP contribution in [-0.4, -0.2) is 34.2 Å². The highest BCUT2D eigenvalue weighted by molar-refractivity contribution is 6.08. The molecule has 27 heavy (non-hydrogen) atoms. The van der Waals surface area contributed by atoms with Crippen molar-refractivity contribution in [3.63, 3.8) is 0 Å². The third-order valence-electron chi connectivity index (χ3n) is 5.42. The Morgan fingerprint density at radius 3 is 2.52 bits per heavy atom. The number of nitrogens with one attached hydrogen (secondary N) is 1. The predicted octanol–water partition coefficient (Wildman–Crippen LogP) is 3.06. The summed E-state index contributed by atoms with van der Waals surface area (Å²) >= 11 is 0. The molecule has 2 aliphatic rings. The molecule has 2 atom stereocenters. The summed E-state index contributed by atoms with van der Waals surface area (Å²) in [5, 5.41) is 2.76. The van der Waals surface area contributed by atoms with Crippen LogP contribution >= 0.6 is 0 Å². The molecule has 4 rings (SSSR count). The molecular weight excluding hydrogens is 346 g/mol. The molecule has 1 aliphatic heterocycles. The van der Waals surface area contributed by atoms with Gasteiger partial charge in [-0.2, -0.15) is 0 Å². The van der Waals surface area contributed by atoms with Gasteiger partial charge in [0.2, 0.25) is 17.7 Å². The van der Waals surface area contributed by atoms with Crippen LogP contribution in [0.4, 0.5) is 5.69 Å². The molecule has 0 spiro atoms. The zero-order valence-corrected chi connectivity index (χ0v) is 15.5. The Kier molecular flexibility index (Phi) is 4.45. The number of aromatic nitrogens is 1. The van der Waals surface area contributed by atoms with Crippen molar-refractivity contribution in [3.8, 4) is 0 Å². The van der Waals surface area contributed by atoms with Gasteiger partial charge in [-0.1, -0.05) is 26.7 Å². The van der Waals surface area contributed by atoms with Crippen LogP contribution in [0.2, 0.25) is 0 Å². The van der Waals surface area contributed by atoms with Gasteiger partial charge in [0.1, 0.15) is 12.1 Å². The number of likely N-dealkylation sites (tertiary alicyclic amines) is 1. The van der Waals surface area contributed by atoms with E-state index in [4.69, 9.17) is 4.42 Å². The summed E-state index contributed by atoms with van der Waals surface area (Å²) in [4.78, 5) is 42.9. The third kappa shape index (κ3) is 3.22. The molecule has 1 aromatic carbocycles. The summed E-state index contributed by atoms with van der Waals surface area (Å²) in [6.45, 7) is 3.75. The van der Waals surface area contributed by atoms with Gasteiger partial charge >= 0.3 is 0 Å². The van der Waals surface area contributed by atoms with E-state index in [9.17, 15) is 14.4 Å². The number of fused-ring (bicyclic) bond motifs is 2. The minimum Gasteiger partial charge on any atom is -0.440 e. The molecule has 1 saturated carbocycles. The molecule has 0 radical (unpaired) electrons. The fourth-order valence-corrected chi connectivity index (χ4v) is 4.00. The van der Waals surface area contributed by atoms with Gasteiger partial charge in [-0.3, -0.25) is 19.3 Å². The molecule has 0 unspecified atom stereocenters. The van der Waals surface area contributed by atoms with Crippen molar-refractivity contribution in [2.24, 2.45) is 11.8 Å². The maximum atomic E-state index is 12.5. The number of anilines is 1. The van der Waals surface area contributed by atoms with Crippen molar-refractivity contribution in [1.29, 1.82) is 0 Å². The SMILES string of the molecule is CC(C)c1nc2cc(NC(=O)CN3C(=O)[C@H]4CCCC[C@H]4C3=O)ccc2o1. The number of nitrogens with zero attached hydrogens (tertiary/aromatic N) is 2. The topological polar surface area (TPSA) is 92.5 Å². The number of hydrogen-bond donors (Lipinski definition) is 1. The number of carbonyl (C=O) groups is 3. The maximum absolute atomic E-state index is 12.5. The lowest BCUT2D eigenvalue weighted by Crippen LogP contribution is -2.38. The average molecular weight is 369 g/mol. The van der Waals surface area contributed by atoms with Gasteiger partial charge in [0.15, 0.2) is 11.5 Å². The maximum Gasteiger partial charge on any atom is 0.244 e. The van der Waals surface area contributed by atoms with E-state index in [1.54, 1.807) is 18.2 Å². The van der Waals surface area contributed by atoms with E-state index in [2.05, 4.69) is 10.3 Å². The number of oxazole rings is 1. The quantitative estimate of drug-likeness (QED) is 0.836. The highest BCUT2D eigenvalue weighted by Crippen LogP contribution is 2.37. The van der Waals surface area contributed by atoms with Crippen molar-refractivity contribution >= 4 is 34.5 Å². The van der Waals surface area contributed by atoms with Gasteiger partial charge in [0, 0.05) is 11.6 Å². The first kappa shape index (κ1) is 17.7. The Bertz CT molecular complexity index is 893. The first-order valence-corrected chi connectivity index (χ1v) is 9.49. The summed E-state index contributed by atoms with van der Waals surface area (Å²) in [7, 11) is 0. The van der Waals surface area contributed by atoms with Gasteiger partial charge < -0.3 is 9.73 Å². The molecule has 1 N–H and O–H groups in total. The summed E-state index contributed by atoms with van der Waals surface area (Å²) in [5.41, 5.74) is 1.88. The molecule has 7 nitrogen and oxygen atoms in total. The summed E-state index contributed by atoms with van der Waals surface area (Å²) < 4.78 is 5.66. The molecule has 2 aromatic rings. The van der Waals surface area contributed by atoms with Crippen LogP contribution in [0.3, 0.4) is 0 Å². The smallest absolute Gasteiger partial charge is 0.244 e. The van der Waals surface area contributed by atoms with Crippen LogP contribution in [0.1, 0.15) is 51.3 Å². The zero-order chi connectivity index (χ0) is 19.1. The van der Waals surface area contributed by atoms with E-state index >= 15 is 0 Å². The standard InChI is InChI=1S/C20H23N3O4/c1-11(2)18-22-15-9-12(7-8-16(15)27-18)21-17(24)10-23-19(25)13-5-3-4-6-14(13)20(23)26/h7-9,11,13-14H,3-6,10H2,1-2H3,(H,21,24)/t13-,14+. The molecule has 3 amide bonds. The lowest BCUT2D eigenvalue weighted by atomic mass is 9.81. The Labute approximate surface area is 157 Å². The molecule has 0 bridgehead atoms. The van der Waals surface area contributed by atoms with Crippen molar-refractivity contribution in [2.75, 3.05) is 11.9 Å². The van der Waals surface area contributed by atoms with Crippen molar-refractivity contribution in [3.05, 3.63) is 24.1 Å². The number of hydrogen-bond acceptors (Lipinski definition) is 5.